The number of hydrogen-bond acceptors (Lipinski definition) is 4. The zero-order chi connectivity index (χ0) is 11.4. The highest BCUT2D eigenvalue weighted by Crippen LogP contribution is 1.84. The van der Waals surface area contributed by atoms with Crippen LogP contribution in [0, 0.1) is 0 Å². The van der Waals surface area contributed by atoms with Crippen molar-refractivity contribution in [3.05, 3.63) is 12.2 Å². The Hall–Kier alpha value is -0.580. The highest BCUT2D eigenvalue weighted by molar-refractivity contribution is 6.17. The molecule has 0 spiro atoms. The van der Waals surface area contributed by atoms with Crippen molar-refractivity contribution >= 4 is 17.6 Å². The van der Waals surface area contributed by atoms with Crippen LogP contribution in [0.3, 0.4) is 0 Å². The van der Waals surface area contributed by atoms with Crippen molar-refractivity contribution in [2.24, 2.45) is 0 Å². The smallest absolute Gasteiger partial charge is 0.330 e. The van der Waals surface area contributed by atoms with Gasteiger partial charge in [0.25, 0.3) is 0 Å². The van der Waals surface area contributed by atoms with E-state index in [1.807, 2.05) is 0 Å². The number of rotatable bonds is 9. The van der Waals surface area contributed by atoms with E-state index in [9.17, 15) is 4.79 Å². The van der Waals surface area contributed by atoms with Crippen molar-refractivity contribution in [2.75, 3.05) is 38.9 Å². The molecule has 0 N–H and O–H groups in total. The molecule has 0 unspecified atom stereocenters. The summed E-state index contributed by atoms with van der Waals surface area (Å²) in [5.41, 5.74) is 0. The first kappa shape index (κ1) is 14.4. The molecule has 0 aliphatic rings. The molecule has 0 aliphatic heterocycles. The Balaban J connectivity index is 3.19. The van der Waals surface area contributed by atoms with Gasteiger partial charge in [0.15, 0.2) is 0 Å². The topological polar surface area (TPSA) is 44.8 Å². The van der Waals surface area contributed by atoms with E-state index < -0.39 is 0 Å². The van der Waals surface area contributed by atoms with E-state index in [0.29, 0.717) is 38.9 Å². The zero-order valence-corrected chi connectivity index (χ0v) is 9.66. The molecule has 88 valence electrons. The second-order valence-electron chi connectivity index (χ2n) is 2.53. The first-order valence-corrected chi connectivity index (χ1v) is 5.39. The maximum Gasteiger partial charge on any atom is 0.330 e. The van der Waals surface area contributed by atoms with Crippen LogP contribution in [0.15, 0.2) is 12.2 Å². The van der Waals surface area contributed by atoms with E-state index in [0.717, 1.165) is 0 Å². The summed E-state index contributed by atoms with van der Waals surface area (Å²) < 4.78 is 14.9. The number of ether oxygens (including phenoxy) is 3. The summed E-state index contributed by atoms with van der Waals surface area (Å²) in [5.74, 6) is 0.141. The van der Waals surface area contributed by atoms with E-state index in [4.69, 9.17) is 21.1 Å². The molecule has 0 aliphatic carbocycles. The van der Waals surface area contributed by atoms with E-state index >= 15 is 0 Å². The van der Waals surface area contributed by atoms with Crippen LogP contribution in [0.2, 0.25) is 0 Å². The lowest BCUT2D eigenvalue weighted by Crippen LogP contribution is -2.06. The second kappa shape index (κ2) is 11.5. The molecule has 0 rings (SSSR count). The summed E-state index contributed by atoms with van der Waals surface area (Å²) in [7, 11) is 0. The normalized spacial score (nSPS) is 10.8. The third-order valence-electron chi connectivity index (χ3n) is 1.35. The van der Waals surface area contributed by atoms with Gasteiger partial charge >= 0.3 is 5.97 Å². The molecule has 0 saturated heterocycles. The van der Waals surface area contributed by atoms with E-state index in [1.54, 1.807) is 13.0 Å². The van der Waals surface area contributed by atoms with Crippen LogP contribution in [0.1, 0.15) is 6.92 Å². The van der Waals surface area contributed by atoms with Crippen molar-refractivity contribution in [3.8, 4) is 0 Å². The van der Waals surface area contributed by atoms with Gasteiger partial charge in [0, 0.05) is 12.0 Å². The van der Waals surface area contributed by atoms with Gasteiger partial charge in [-0.3, -0.25) is 0 Å². The summed E-state index contributed by atoms with van der Waals surface area (Å²) >= 11 is 5.40. The van der Waals surface area contributed by atoms with Crippen LogP contribution in [0.5, 0.6) is 0 Å². The van der Waals surface area contributed by atoms with Crippen LogP contribution in [-0.2, 0) is 19.0 Å². The zero-order valence-electron chi connectivity index (χ0n) is 8.91. The Morgan fingerprint density at radius 2 is 2.00 bits per heavy atom. The molecule has 0 atom stereocenters. The Labute approximate surface area is 95.1 Å². The molecule has 0 heterocycles. The maximum absolute atomic E-state index is 10.8. The molecule has 0 saturated carbocycles. The van der Waals surface area contributed by atoms with Gasteiger partial charge in [-0.25, -0.2) is 4.79 Å². The van der Waals surface area contributed by atoms with Crippen molar-refractivity contribution in [2.45, 2.75) is 6.92 Å². The largest absolute Gasteiger partial charge is 0.463 e. The molecule has 0 amide bonds. The average Bonchev–Trinajstić information content (AvgIpc) is 2.22. The maximum atomic E-state index is 10.8. The lowest BCUT2D eigenvalue weighted by atomic mass is 10.5. The van der Waals surface area contributed by atoms with Crippen molar-refractivity contribution in [1.82, 2.24) is 0 Å². The lowest BCUT2D eigenvalue weighted by Gasteiger charge is -2.01. The van der Waals surface area contributed by atoms with Gasteiger partial charge in [0.1, 0.15) is 0 Å². The summed E-state index contributed by atoms with van der Waals surface area (Å²) in [5, 5.41) is 0. The molecule has 0 aromatic rings. The summed E-state index contributed by atoms with van der Waals surface area (Å²) in [4.78, 5) is 10.8. The quantitative estimate of drug-likeness (QED) is 0.263. The van der Waals surface area contributed by atoms with Crippen LogP contribution in [-0.4, -0.2) is 44.9 Å². The van der Waals surface area contributed by atoms with E-state index in [2.05, 4.69) is 4.74 Å². The molecule has 4 nitrogen and oxygen atoms in total. The summed E-state index contributed by atoms with van der Waals surface area (Å²) in [6, 6.07) is 0. The molecule has 0 bridgehead atoms. The summed E-state index contributed by atoms with van der Waals surface area (Å²) in [6.45, 7) is 4.06. The molecule has 15 heavy (non-hydrogen) atoms. The number of carbonyl (C=O) groups is 1. The Bertz CT molecular complexity index is 182. The third kappa shape index (κ3) is 11.3. The van der Waals surface area contributed by atoms with Crippen LogP contribution >= 0.6 is 11.6 Å². The van der Waals surface area contributed by atoms with Gasteiger partial charge in [-0.05, 0) is 6.92 Å². The molecule has 0 radical (unpaired) electrons. The minimum Gasteiger partial charge on any atom is -0.463 e. The predicted molar refractivity (Wildman–Crippen MR) is 58.1 cm³/mol. The number of carbonyl (C=O) groups excluding carboxylic acids is 1. The number of hydrogen-bond donors (Lipinski definition) is 0. The van der Waals surface area contributed by atoms with E-state index in [-0.39, 0.29) is 5.97 Å². The molecule has 0 aromatic heterocycles. The van der Waals surface area contributed by atoms with Crippen molar-refractivity contribution in [3.63, 3.8) is 0 Å². The minimum absolute atomic E-state index is 0.348. The van der Waals surface area contributed by atoms with Crippen LogP contribution < -0.4 is 0 Å². The first-order chi connectivity index (χ1) is 7.31. The third-order valence-corrected chi connectivity index (χ3v) is 1.50. The first-order valence-electron chi connectivity index (χ1n) is 4.86. The fraction of sp³-hybridized carbons (Fsp3) is 0.700. The second-order valence-corrected chi connectivity index (χ2v) is 2.91. The molecule has 0 aromatic carbocycles. The number of alkyl halides is 1. The average molecular weight is 237 g/mol. The Kier molecular flexibility index (Phi) is 11.1. The SMILES string of the molecule is CCOC(=O)/C=C/COCCOCCCl. The van der Waals surface area contributed by atoms with Crippen molar-refractivity contribution in [1.29, 1.82) is 0 Å². The number of esters is 1. The van der Waals surface area contributed by atoms with Gasteiger partial charge < -0.3 is 14.2 Å². The van der Waals surface area contributed by atoms with Gasteiger partial charge in [-0.1, -0.05) is 6.08 Å². The van der Waals surface area contributed by atoms with Gasteiger partial charge in [-0.15, -0.1) is 11.6 Å². The standard InChI is InChI=1S/C10H17ClO4/c1-2-15-10(12)4-3-6-13-8-9-14-7-5-11/h3-4H,2,5-9H2,1H3/b4-3+. The Morgan fingerprint density at radius 1 is 1.27 bits per heavy atom. The fourth-order valence-electron chi connectivity index (χ4n) is 0.761. The highest BCUT2D eigenvalue weighted by atomic mass is 35.5. The van der Waals surface area contributed by atoms with E-state index in [1.165, 1.54) is 6.08 Å². The van der Waals surface area contributed by atoms with Crippen molar-refractivity contribution < 1.29 is 19.0 Å². The fourth-order valence-corrected chi connectivity index (χ4v) is 0.870. The predicted octanol–water partition coefficient (Wildman–Crippen LogP) is 1.38. The molecular formula is C10H17ClO4. The van der Waals surface area contributed by atoms with Gasteiger partial charge in [0.05, 0.1) is 33.0 Å². The van der Waals surface area contributed by atoms with Crippen LogP contribution in [0.25, 0.3) is 0 Å². The summed E-state index contributed by atoms with van der Waals surface area (Å²) in [6.07, 6.45) is 2.96. The monoisotopic (exact) mass is 236 g/mol. The number of halogens is 1. The van der Waals surface area contributed by atoms with Crippen LogP contribution in [0.4, 0.5) is 0 Å². The van der Waals surface area contributed by atoms with Gasteiger partial charge in [-0.2, -0.15) is 0 Å². The Morgan fingerprint density at radius 3 is 2.67 bits per heavy atom. The molecule has 5 heteroatoms. The van der Waals surface area contributed by atoms with Gasteiger partial charge in [0.2, 0.25) is 0 Å². The minimum atomic E-state index is -0.348. The highest BCUT2D eigenvalue weighted by Gasteiger charge is 1.92. The lowest BCUT2D eigenvalue weighted by molar-refractivity contribution is -0.137. The molecule has 0 fully saturated rings. The molecular weight excluding hydrogens is 220 g/mol.